The average Bonchev–Trinajstić information content (AvgIpc) is 3.63. The summed E-state index contributed by atoms with van der Waals surface area (Å²) in [5.74, 6) is 2.11. The van der Waals surface area contributed by atoms with Crippen LogP contribution in [0.15, 0.2) is 67.0 Å². The molecular weight excluding hydrogens is 566 g/mol. The Morgan fingerprint density at radius 2 is 0.932 bits per heavy atom. The number of rotatable bonds is 6. The van der Waals surface area contributed by atoms with Crippen LogP contribution >= 0.6 is 0 Å². The summed E-state index contributed by atoms with van der Waals surface area (Å²) in [5.41, 5.74) is 5.49. The molecule has 11 nitrogen and oxygen atoms in total. The van der Waals surface area contributed by atoms with Crippen LogP contribution in [-0.2, 0) is 21.1 Å². The summed E-state index contributed by atoms with van der Waals surface area (Å²) in [6.45, 7) is 0. The van der Waals surface area contributed by atoms with E-state index in [9.17, 15) is 9.59 Å². The minimum Gasteiger partial charge on any atom is -0.496 e. The Morgan fingerprint density at radius 1 is 0.523 bits per heavy atom. The Labute approximate surface area is 249 Å². The molecule has 7 rings (SSSR count). The summed E-state index contributed by atoms with van der Waals surface area (Å²) in [5, 5.41) is 1.30. The van der Waals surface area contributed by atoms with Gasteiger partial charge in [-0.05, 0) is 24.3 Å². The van der Waals surface area contributed by atoms with Crippen LogP contribution in [0, 0.1) is 0 Å². The van der Waals surface area contributed by atoms with E-state index >= 15 is 0 Å². The van der Waals surface area contributed by atoms with Gasteiger partial charge >= 0.3 is 11.3 Å². The Hall–Kier alpha value is -5.58. The topological polar surface area (TPSA) is 112 Å². The minimum atomic E-state index is -0.484. The first-order chi connectivity index (χ1) is 21.2. The Balaban J connectivity index is 1.44. The first kappa shape index (κ1) is 27.3. The van der Waals surface area contributed by atoms with Crippen molar-refractivity contribution in [2.24, 2.45) is 21.1 Å². The largest absolute Gasteiger partial charge is 0.496 e. The van der Waals surface area contributed by atoms with Crippen molar-refractivity contribution in [2.75, 3.05) is 28.4 Å². The van der Waals surface area contributed by atoms with Gasteiger partial charge < -0.3 is 41.5 Å². The zero-order valence-corrected chi connectivity index (χ0v) is 25.2. The number of hydrogen-bond acceptors (Lipinski definition) is 8. The lowest BCUT2D eigenvalue weighted by Gasteiger charge is -2.10. The van der Waals surface area contributed by atoms with Crippen molar-refractivity contribution in [1.29, 1.82) is 0 Å². The van der Waals surface area contributed by atoms with Crippen molar-refractivity contribution in [3.05, 3.63) is 69.4 Å². The van der Waals surface area contributed by atoms with Crippen molar-refractivity contribution in [1.82, 2.24) is 13.7 Å². The van der Waals surface area contributed by atoms with Crippen LogP contribution in [0.25, 0.3) is 66.5 Å². The molecule has 0 N–H and O–H groups in total. The third-order valence-electron chi connectivity index (χ3n) is 8.41. The van der Waals surface area contributed by atoms with E-state index in [4.69, 9.17) is 27.8 Å². The number of methoxy groups -OCH3 is 4. The predicted molar refractivity (Wildman–Crippen MR) is 168 cm³/mol. The average molecular weight is 596 g/mol. The maximum atomic E-state index is 13.3. The molecule has 224 valence electrons. The molecule has 7 aromatic rings. The van der Waals surface area contributed by atoms with E-state index in [1.54, 1.807) is 64.8 Å². The van der Waals surface area contributed by atoms with Crippen LogP contribution in [0.3, 0.4) is 0 Å². The maximum absolute atomic E-state index is 13.3. The molecule has 0 atom stereocenters. The molecule has 11 heteroatoms. The van der Waals surface area contributed by atoms with Crippen LogP contribution in [0.2, 0.25) is 0 Å². The minimum absolute atomic E-state index is 0.368. The molecule has 44 heavy (non-hydrogen) atoms. The highest BCUT2D eigenvalue weighted by atomic mass is 16.5. The standard InChI is InChI=1S/C33H29N3O8/c1-34-24-14-22(18-12-20-26(41-6)8-16(39-4)10-28(20)43-32(18)37)35(2)30(24)31-25(34)15-23(36(31)3)19-13-21-27(42-7)9-17(40-5)11-29(21)44-33(19)38/h8-15H,1-7H3. The van der Waals surface area contributed by atoms with Gasteiger partial charge in [-0.2, -0.15) is 0 Å². The summed E-state index contributed by atoms with van der Waals surface area (Å²) in [6.07, 6.45) is 0. The third-order valence-corrected chi connectivity index (χ3v) is 8.41. The van der Waals surface area contributed by atoms with Gasteiger partial charge in [0, 0.05) is 45.4 Å². The number of benzene rings is 2. The molecule has 0 fully saturated rings. The summed E-state index contributed by atoms with van der Waals surface area (Å²) >= 11 is 0. The fourth-order valence-electron chi connectivity index (χ4n) is 6.15. The lowest BCUT2D eigenvalue weighted by atomic mass is 10.1. The Kier molecular flexibility index (Phi) is 6.03. The van der Waals surface area contributed by atoms with Gasteiger partial charge in [-0.3, -0.25) is 0 Å². The van der Waals surface area contributed by atoms with Gasteiger partial charge in [0.15, 0.2) is 0 Å². The molecule has 5 aromatic heterocycles. The van der Waals surface area contributed by atoms with Crippen LogP contribution in [0.5, 0.6) is 23.0 Å². The molecule has 0 aliphatic rings. The van der Waals surface area contributed by atoms with Crippen LogP contribution in [0.1, 0.15) is 0 Å². The smallest absolute Gasteiger partial charge is 0.345 e. The molecule has 0 saturated carbocycles. The van der Waals surface area contributed by atoms with E-state index in [0.717, 1.165) is 22.1 Å². The molecular formula is C33H29N3O8. The molecule has 0 amide bonds. The van der Waals surface area contributed by atoms with Crippen molar-refractivity contribution < 1.29 is 27.8 Å². The van der Waals surface area contributed by atoms with E-state index < -0.39 is 11.3 Å². The van der Waals surface area contributed by atoms with Crippen molar-refractivity contribution >= 4 is 44.0 Å². The van der Waals surface area contributed by atoms with E-state index in [2.05, 4.69) is 0 Å². The molecule has 2 aromatic carbocycles. The number of fused-ring (bicyclic) bond motifs is 5. The second-order valence-electron chi connectivity index (χ2n) is 10.6. The zero-order valence-electron chi connectivity index (χ0n) is 25.2. The third kappa shape index (κ3) is 3.75. The zero-order chi connectivity index (χ0) is 31.0. The van der Waals surface area contributed by atoms with E-state index in [-0.39, 0.29) is 0 Å². The van der Waals surface area contributed by atoms with Gasteiger partial charge in [0.1, 0.15) is 34.2 Å². The quantitative estimate of drug-likeness (QED) is 0.229. The van der Waals surface area contributed by atoms with Gasteiger partial charge in [0.25, 0.3) is 0 Å². The van der Waals surface area contributed by atoms with E-state index in [1.807, 2.05) is 47.0 Å². The molecule has 0 saturated heterocycles. The van der Waals surface area contributed by atoms with Gasteiger partial charge in [-0.15, -0.1) is 0 Å². The fraction of sp³-hybridized carbons (Fsp3) is 0.212. The molecule has 0 aliphatic heterocycles. The monoisotopic (exact) mass is 595 g/mol. The maximum Gasteiger partial charge on any atom is 0.345 e. The molecule has 0 unspecified atom stereocenters. The molecule has 0 spiro atoms. The van der Waals surface area contributed by atoms with Crippen LogP contribution in [0.4, 0.5) is 0 Å². The number of aryl methyl sites for hydroxylation is 3. The highest BCUT2D eigenvalue weighted by Crippen LogP contribution is 2.39. The molecule has 0 bridgehead atoms. The lowest BCUT2D eigenvalue weighted by Crippen LogP contribution is -2.07. The summed E-state index contributed by atoms with van der Waals surface area (Å²) in [6, 6.07) is 14.3. The fourth-order valence-corrected chi connectivity index (χ4v) is 6.15. The second-order valence-corrected chi connectivity index (χ2v) is 10.6. The van der Waals surface area contributed by atoms with Crippen LogP contribution in [-0.4, -0.2) is 42.1 Å². The van der Waals surface area contributed by atoms with Gasteiger partial charge in [-0.25, -0.2) is 9.59 Å². The van der Waals surface area contributed by atoms with Gasteiger partial charge in [-0.1, -0.05) is 0 Å². The van der Waals surface area contributed by atoms with E-state index in [0.29, 0.717) is 67.5 Å². The molecule has 0 radical (unpaired) electrons. The lowest BCUT2D eigenvalue weighted by molar-refractivity contribution is 0.395. The highest BCUT2D eigenvalue weighted by Gasteiger charge is 2.24. The number of ether oxygens (including phenoxy) is 4. The summed E-state index contributed by atoms with van der Waals surface area (Å²) < 4.78 is 39.3. The number of nitrogens with zero attached hydrogens (tertiary/aromatic N) is 3. The highest BCUT2D eigenvalue weighted by molar-refractivity contribution is 6.09. The van der Waals surface area contributed by atoms with Crippen molar-refractivity contribution in [2.45, 2.75) is 0 Å². The Bertz CT molecular complexity index is 2250. The Morgan fingerprint density at radius 3 is 1.30 bits per heavy atom. The van der Waals surface area contributed by atoms with Crippen molar-refractivity contribution in [3.63, 3.8) is 0 Å². The second kappa shape index (κ2) is 9.73. The number of aromatic nitrogens is 3. The number of hydrogen-bond donors (Lipinski definition) is 0. The van der Waals surface area contributed by atoms with Crippen molar-refractivity contribution in [3.8, 4) is 45.5 Å². The SMILES string of the molecule is COc1cc(OC)c2cc(-c3cc4c(c5c(cc(-c6cc7c(OC)cc(OC)cc7oc6=O)n5C)n4C)n3C)c(=O)oc2c1. The summed E-state index contributed by atoms with van der Waals surface area (Å²) in [4.78, 5) is 26.6. The van der Waals surface area contributed by atoms with Gasteiger partial charge in [0.05, 0.1) is 83.8 Å². The first-order valence-electron chi connectivity index (χ1n) is 13.7. The molecule has 0 aliphatic carbocycles. The molecule has 5 heterocycles. The normalized spacial score (nSPS) is 11.7. The van der Waals surface area contributed by atoms with Gasteiger partial charge in [0.2, 0.25) is 0 Å². The first-order valence-corrected chi connectivity index (χ1v) is 13.7. The predicted octanol–water partition coefficient (Wildman–Crippen LogP) is 5.59. The van der Waals surface area contributed by atoms with Crippen LogP contribution < -0.4 is 30.2 Å². The van der Waals surface area contributed by atoms with E-state index in [1.165, 1.54) is 0 Å². The summed E-state index contributed by atoms with van der Waals surface area (Å²) in [7, 11) is 12.0.